The van der Waals surface area contributed by atoms with Crippen molar-refractivity contribution in [3.05, 3.63) is 30.1 Å². The smallest absolute Gasteiger partial charge is 0.147 e. The van der Waals surface area contributed by atoms with Crippen molar-refractivity contribution in [2.24, 2.45) is 5.73 Å². The van der Waals surface area contributed by atoms with Crippen molar-refractivity contribution in [3.63, 3.8) is 0 Å². The summed E-state index contributed by atoms with van der Waals surface area (Å²) >= 11 is 5.98. The minimum atomic E-state index is 0.468. The summed E-state index contributed by atoms with van der Waals surface area (Å²) in [6, 6.07) is 1.82. The zero-order valence-corrected chi connectivity index (χ0v) is 13.5. The Balaban J connectivity index is 2.44. The second-order valence-electron chi connectivity index (χ2n) is 5.09. The Labute approximate surface area is 132 Å². The first kappa shape index (κ1) is 17.8. The predicted octanol–water partition coefficient (Wildman–Crippen LogP) is 2.33. The summed E-state index contributed by atoms with van der Waals surface area (Å²) in [6.45, 7) is 7.52. The van der Waals surface area contributed by atoms with Crippen molar-refractivity contribution in [2.45, 2.75) is 19.3 Å². The fourth-order valence-electron chi connectivity index (χ4n) is 2.13. The first-order chi connectivity index (χ1) is 10.1. The van der Waals surface area contributed by atoms with Crippen LogP contribution in [0, 0.1) is 0 Å². The summed E-state index contributed by atoms with van der Waals surface area (Å²) in [7, 11) is 2.13. The molecular weight excluding hydrogens is 286 g/mol. The fraction of sp³-hybridized carbons (Fsp3) is 0.533. The molecule has 1 heterocycles. The van der Waals surface area contributed by atoms with Crippen molar-refractivity contribution in [3.8, 4) is 0 Å². The van der Waals surface area contributed by atoms with Crippen molar-refractivity contribution < 1.29 is 0 Å². The van der Waals surface area contributed by atoms with Gasteiger partial charge < -0.3 is 21.3 Å². The Kier molecular flexibility index (Phi) is 8.12. The number of halogens is 1. The van der Waals surface area contributed by atoms with Crippen molar-refractivity contribution in [2.75, 3.05) is 43.9 Å². The lowest BCUT2D eigenvalue weighted by Crippen LogP contribution is -2.26. The van der Waals surface area contributed by atoms with Gasteiger partial charge in [-0.2, -0.15) is 0 Å². The molecule has 0 amide bonds. The average Bonchev–Trinajstić information content (AvgIpc) is 2.47. The number of aromatic nitrogens is 1. The van der Waals surface area contributed by atoms with Gasteiger partial charge in [-0.05, 0) is 58.2 Å². The van der Waals surface area contributed by atoms with Crippen molar-refractivity contribution in [1.29, 1.82) is 0 Å². The Morgan fingerprint density at radius 1 is 1.29 bits per heavy atom. The predicted molar refractivity (Wildman–Crippen MR) is 91.6 cm³/mol. The first-order valence-electron chi connectivity index (χ1n) is 7.27. The third kappa shape index (κ3) is 6.33. The maximum absolute atomic E-state index is 5.98. The van der Waals surface area contributed by atoms with Gasteiger partial charge in [0.2, 0.25) is 0 Å². The number of nitrogens with zero attached hydrogens (tertiary/aromatic N) is 3. The van der Waals surface area contributed by atoms with Crippen molar-refractivity contribution >= 4 is 23.1 Å². The van der Waals surface area contributed by atoms with Crippen LogP contribution in [0.15, 0.2) is 25.0 Å². The largest absolute Gasteiger partial charge is 0.382 e. The molecule has 0 bridgehead atoms. The normalized spacial score (nSPS) is 10.9. The molecule has 0 fully saturated rings. The minimum absolute atomic E-state index is 0.468. The molecule has 0 spiro atoms. The molecule has 1 aromatic rings. The van der Waals surface area contributed by atoms with E-state index < -0.39 is 0 Å². The Morgan fingerprint density at radius 2 is 2.00 bits per heavy atom. The van der Waals surface area contributed by atoms with Crippen LogP contribution in [0.4, 0.5) is 11.5 Å². The Bertz CT molecular complexity index is 438. The Hall–Kier alpha value is -1.30. The molecule has 0 saturated heterocycles. The van der Waals surface area contributed by atoms with Crippen LogP contribution in [0.1, 0.15) is 19.3 Å². The van der Waals surface area contributed by atoms with E-state index in [4.69, 9.17) is 23.1 Å². The Morgan fingerprint density at radius 3 is 2.67 bits per heavy atom. The van der Waals surface area contributed by atoms with E-state index in [9.17, 15) is 0 Å². The molecule has 0 radical (unpaired) electrons. The molecule has 0 aliphatic rings. The van der Waals surface area contributed by atoms with Gasteiger partial charge in [0, 0.05) is 12.7 Å². The van der Waals surface area contributed by atoms with Gasteiger partial charge in [0.1, 0.15) is 5.82 Å². The summed E-state index contributed by atoms with van der Waals surface area (Å²) in [4.78, 5) is 8.38. The molecule has 5 nitrogen and oxygen atoms in total. The third-order valence-electron chi connectivity index (χ3n) is 3.33. The molecule has 118 valence electrons. The topological polar surface area (TPSA) is 71.4 Å². The third-order valence-corrected chi connectivity index (χ3v) is 3.53. The van der Waals surface area contributed by atoms with Gasteiger partial charge in [-0.25, -0.2) is 4.98 Å². The molecule has 0 aromatic carbocycles. The lowest BCUT2D eigenvalue weighted by molar-refractivity contribution is 0.324. The van der Waals surface area contributed by atoms with Crippen LogP contribution < -0.4 is 16.4 Å². The maximum atomic E-state index is 5.98. The monoisotopic (exact) mass is 311 g/mol. The van der Waals surface area contributed by atoms with Crippen LogP contribution >= 0.6 is 11.6 Å². The van der Waals surface area contributed by atoms with Crippen molar-refractivity contribution in [1.82, 2.24) is 9.88 Å². The van der Waals surface area contributed by atoms with E-state index in [1.807, 2.05) is 11.0 Å². The first-order valence-corrected chi connectivity index (χ1v) is 7.65. The van der Waals surface area contributed by atoms with Gasteiger partial charge >= 0.3 is 0 Å². The van der Waals surface area contributed by atoms with Crippen LogP contribution in [0.3, 0.4) is 0 Å². The van der Waals surface area contributed by atoms with Gasteiger partial charge in [-0.1, -0.05) is 18.2 Å². The van der Waals surface area contributed by atoms with Crippen LogP contribution in [-0.2, 0) is 0 Å². The molecule has 1 aromatic heterocycles. The number of unbranched alkanes of at least 4 members (excludes halogenated alkanes) is 1. The number of hydrogen-bond acceptors (Lipinski definition) is 5. The number of anilines is 2. The second kappa shape index (κ2) is 9.60. The molecule has 0 saturated carbocycles. The maximum Gasteiger partial charge on any atom is 0.147 e. The number of pyridine rings is 1. The van der Waals surface area contributed by atoms with Gasteiger partial charge in [0.15, 0.2) is 0 Å². The summed E-state index contributed by atoms with van der Waals surface area (Å²) in [5.74, 6) is 0.468. The van der Waals surface area contributed by atoms with E-state index in [1.54, 1.807) is 12.4 Å². The molecule has 0 aliphatic carbocycles. The van der Waals surface area contributed by atoms with E-state index in [0.29, 0.717) is 10.8 Å². The van der Waals surface area contributed by atoms with Crippen LogP contribution in [0.2, 0.25) is 5.02 Å². The number of nitrogens with two attached hydrogens (primary N) is 2. The standard InChI is InChI=1S/C15H26ClN5/c1-3-21(14-11-13(16)12-19-15(14)18)10-6-9-20(2)8-5-4-7-17/h3,11-12H,1,4-10,17H2,2H3,(H2,18,19). The summed E-state index contributed by atoms with van der Waals surface area (Å²) in [6.07, 6.45) is 6.54. The highest BCUT2D eigenvalue weighted by Gasteiger charge is 2.09. The molecule has 1 rings (SSSR count). The summed E-state index contributed by atoms with van der Waals surface area (Å²) in [5.41, 5.74) is 12.2. The number of nitrogen functional groups attached to an aromatic ring is 1. The van der Waals surface area contributed by atoms with E-state index in [2.05, 4.69) is 23.5 Å². The molecule has 6 heteroatoms. The van der Waals surface area contributed by atoms with E-state index >= 15 is 0 Å². The molecule has 0 unspecified atom stereocenters. The average molecular weight is 312 g/mol. The zero-order valence-electron chi connectivity index (χ0n) is 12.8. The number of hydrogen-bond donors (Lipinski definition) is 2. The molecular formula is C15H26ClN5. The van der Waals surface area contributed by atoms with Crippen LogP contribution in [-0.4, -0.2) is 43.1 Å². The van der Waals surface area contributed by atoms with E-state index in [-0.39, 0.29) is 0 Å². The van der Waals surface area contributed by atoms with Gasteiger partial charge in [0.05, 0.1) is 10.7 Å². The van der Waals surface area contributed by atoms with Gasteiger partial charge in [-0.15, -0.1) is 0 Å². The molecule has 0 aliphatic heterocycles. The minimum Gasteiger partial charge on any atom is -0.382 e. The van der Waals surface area contributed by atoms with E-state index in [0.717, 1.165) is 51.1 Å². The number of rotatable bonds is 10. The quantitative estimate of drug-likeness (QED) is 0.649. The van der Waals surface area contributed by atoms with Crippen LogP contribution in [0.5, 0.6) is 0 Å². The lowest BCUT2D eigenvalue weighted by Gasteiger charge is -2.23. The lowest BCUT2D eigenvalue weighted by atomic mass is 10.2. The SMILES string of the molecule is C=CN(CCCN(C)CCCCN)c1cc(Cl)cnc1N. The van der Waals surface area contributed by atoms with Crippen LogP contribution in [0.25, 0.3) is 0 Å². The summed E-state index contributed by atoms with van der Waals surface area (Å²) in [5, 5.41) is 0.574. The molecule has 4 N–H and O–H groups in total. The fourth-order valence-corrected chi connectivity index (χ4v) is 2.28. The molecule has 0 atom stereocenters. The highest BCUT2D eigenvalue weighted by molar-refractivity contribution is 6.30. The zero-order chi connectivity index (χ0) is 15.7. The summed E-state index contributed by atoms with van der Waals surface area (Å²) < 4.78 is 0. The van der Waals surface area contributed by atoms with E-state index in [1.165, 1.54) is 0 Å². The highest BCUT2D eigenvalue weighted by atomic mass is 35.5. The molecule has 21 heavy (non-hydrogen) atoms. The van der Waals surface area contributed by atoms with Gasteiger partial charge in [0.25, 0.3) is 0 Å². The highest BCUT2D eigenvalue weighted by Crippen LogP contribution is 2.24. The second-order valence-corrected chi connectivity index (χ2v) is 5.52. The van der Waals surface area contributed by atoms with Gasteiger partial charge in [-0.3, -0.25) is 0 Å².